The van der Waals surface area contributed by atoms with Crippen LogP contribution in [0.1, 0.15) is 65.7 Å². The van der Waals surface area contributed by atoms with E-state index in [1.807, 2.05) is 13.8 Å². The third-order valence-electron chi connectivity index (χ3n) is 4.47. The minimum atomic E-state index is -0.140. The summed E-state index contributed by atoms with van der Waals surface area (Å²) in [5, 5.41) is 8.97. The molecule has 1 fully saturated rings. The first-order valence-corrected chi connectivity index (χ1v) is 7.56. The van der Waals surface area contributed by atoms with Crippen molar-refractivity contribution in [1.82, 2.24) is 4.90 Å². The van der Waals surface area contributed by atoms with E-state index in [1.54, 1.807) is 0 Å². The van der Waals surface area contributed by atoms with Crippen LogP contribution in [0, 0.1) is 22.7 Å². The fourth-order valence-electron chi connectivity index (χ4n) is 2.85. The number of rotatable bonds is 6. The van der Waals surface area contributed by atoms with Gasteiger partial charge in [0.05, 0.1) is 11.5 Å². The molecule has 1 saturated carbocycles. The Bertz CT molecular complexity index is 269. The number of unbranched alkanes of at least 4 members (excludes halogenated alkanes) is 1. The van der Waals surface area contributed by atoms with Gasteiger partial charge < -0.3 is 4.90 Å². The molecule has 18 heavy (non-hydrogen) atoms. The van der Waals surface area contributed by atoms with Gasteiger partial charge in [0.1, 0.15) is 0 Å². The summed E-state index contributed by atoms with van der Waals surface area (Å²) in [5.74, 6) is 0.936. The molecular weight excluding hydrogens is 220 g/mol. The molecule has 1 aliphatic rings. The van der Waals surface area contributed by atoms with E-state index >= 15 is 0 Å². The van der Waals surface area contributed by atoms with Gasteiger partial charge in [-0.2, -0.15) is 5.26 Å². The van der Waals surface area contributed by atoms with Crippen LogP contribution >= 0.6 is 0 Å². The van der Waals surface area contributed by atoms with Crippen LogP contribution in [0.2, 0.25) is 0 Å². The molecule has 2 nitrogen and oxygen atoms in total. The third kappa shape index (κ3) is 5.40. The van der Waals surface area contributed by atoms with Crippen LogP contribution in [-0.2, 0) is 0 Å². The SMILES string of the molecule is CC1CCC(N(C)CCCCC(C)(C)C#N)CC1. The van der Waals surface area contributed by atoms with Gasteiger partial charge in [0.2, 0.25) is 0 Å². The molecule has 1 aliphatic carbocycles. The minimum Gasteiger partial charge on any atom is -0.303 e. The van der Waals surface area contributed by atoms with Gasteiger partial charge in [-0.05, 0) is 71.9 Å². The first kappa shape index (κ1) is 15.5. The maximum Gasteiger partial charge on any atom is 0.0683 e. The molecule has 0 aliphatic heterocycles. The lowest BCUT2D eigenvalue weighted by Crippen LogP contribution is -2.35. The van der Waals surface area contributed by atoms with Crippen molar-refractivity contribution in [3.05, 3.63) is 0 Å². The Labute approximate surface area is 113 Å². The molecule has 104 valence electrons. The predicted octanol–water partition coefficient (Wildman–Crippen LogP) is 4.22. The van der Waals surface area contributed by atoms with E-state index in [2.05, 4.69) is 24.9 Å². The van der Waals surface area contributed by atoms with Crippen LogP contribution in [0.15, 0.2) is 0 Å². The maximum atomic E-state index is 8.97. The average Bonchev–Trinajstić information content (AvgIpc) is 2.35. The molecule has 0 bridgehead atoms. The van der Waals surface area contributed by atoms with Crippen molar-refractivity contribution >= 4 is 0 Å². The van der Waals surface area contributed by atoms with Crippen molar-refractivity contribution in [3.8, 4) is 6.07 Å². The molecule has 0 aromatic carbocycles. The zero-order chi connectivity index (χ0) is 13.6. The monoisotopic (exact) mass is 250 g/mol. The lowest BCUT2D eigenvalue weighted by atomic mass is 9.86. The summed E-state index contributed by atoms with van der Waals surface area (Å²) in [4.78, 5) is 2.55. The summed E-state index contributed by atoms with van der Waals surface area (Å²) in [6, 6.07) is 3.19. The van der Waals surface area contributed by atoms with Gasteiger partial charge in [0.15, 0.2) is 0 Å². The van der Waals surface area contributed by atoms with Crippen molar-refractivity contribution in [2.75, 3.05) is 13.6 Å². The van der Waals surface area contributed by atoms with E-state index in [0.29, 0.717) is 0 Å². The lowest BCUT2D eigenvalue weighted by Gasteiger charge is -2.33. The van der Waals surface area contributed by atoms with E-state index in [9.17, 15) is 0 Å². The van der Waals surface area contributed by atoms with Crippen molar-refractivity contribution in [2.45, 2.75) is 71.8 Å². The van der Waals surface area contributed by atoms with Gasteiger partial charge in [-0.15, -0.1) is 0 Å². The molecule has 2 heteroatoms. The third-order valence-corrected chi connectivity index (χ3v) is 4.47. The summed E-state index contributed by atoms with van der Waals surface area (Å²) in [7, 11) is 2.27. The highest BCUT2D eigenvalue weighted by Crippen LogP contribution is 2.27. The molecule has 0 atom stereocenters. The van der Waals surface area contributed by atoms with Crippen molar-refractivity contribution in [2.24, 2.45) is 11.3 Å². The second-order valence-electron chi connectivity index (χ2n) is 6.85. The highest BCUT2D eigenvalue weighted by atomic mass is 15.1. The van der Waals surface area contributed by atoms with Gasteiger partial charge in [-0.3, -0.25) is 0 Å². The van der Waals surface area contributed by atoms with Gasteiger partial charge in [-0.1, -0.05) is 13.3 Å². The van der Waals surface area contributed by atoms with E-state index in [0.717, 1.165) is 18.4 Å². The zero-order valence-corrected chi connectivity index (χ0v) is 12.7. The summed E-state index contributed by atoms with van der Waals surface area (Å²) in [5.41, 5.74) is -0.140. The van der Waals surface area contributed by atoms with Gasteiger partial charge in [0, 0.05) is 6.04 Å². The highest BCUT2D eigenvalue weighted by Gasteiger charge is 2.21. The molecule has 0 unspecified atom stereocenters. The van der Waals surface area contributed by atoms with E-state index in [-0.39, 0.29) is 5.41 Å². The average molecular weight is 250 g/mol. The van der Waals surface area contributed by atoms with Crippen LogP contribution in [-0.4, -0.2) is 24.5 Å². The van der Waals surface area contributed by atoms with Crippen molar-refractivity contribution in [3.63, 3.8) is 0 Å². The van der Waals surface area contributed by atoms with Crippen LogP contribution in [0.25, 0.3) is 0 Å². The predicted molar refractivity (Wildman–Crippen MR) is 77.3 cm³/mol. The molecule has 0 heterocycles. The molecule has 0 saturated heterocycles. The summed E-state index contributed by atoms with van der Waals surface area (Å²) < 4.78 is 0. The zero-order valence-electron chi connectivity index (χ0n) is 12.7. The second kappa shape index (κ2) is 7.14. The van der Waals surface area contributed by atoms with E-state index < -0.39 is 0 Å². The number of nitriles is 1. The van der Waals surface area contributed by atoms with Crippen molar-refractivity contribution < 1.29 is 0 Å². The molecule has 0 aromatic heterocycles. The Kier molecular flexibility index (Phi) is 6.15. The topological polar surface area (TPSA) is 27.0 Å². The largest absolute Gasteiger partial charge is 0.303 e. The van der Waals surface area contributed by atoms with E-state index in [1.165, 1.54) is 45.1 Å². The Hall–Kier alpha value is -0.550. The molecule has 0 amide bonds. The molecule has 1 rings (SSSR count). The second-order valence-corrected chi connectivity index (χ2v) is 6.85. The van der Waals surface area contributed by atoms with Gasteiger partial charge >= 0.3 is 0 Å². The van der Waals surface area contributed by atoms with Gasteiger partial charge in [-0.25, -0.2) is 0 Å². The minimum absolute atomic E-state index is 0.140. The van der Waals surface area contributed by atoms with Gasteiger partial charge in [0.25, 0.3) is 0 Å². The fourth-order valence-corrected chi connectivity index (χ4v) is 2.85. The smallest absolute Gasteiger partial charge is 0.0683 e. The molecule has 0 spiro atoms. The Morgan fingerprint density at radius 2 is 1.78 bits per heavy atom. The van der Waals surface area contributed by atoms with Crippen LogP contribution < -0.4 is 0 Å². The number of hydrogen-bond acceptors (Lipinski definition) is 2. The van der Waals surface area contributed by atoms with E-state index in [4.69, 9.17) is 5.26 Å². The van der Waals surface area contributed by atoms with Crippen LogP contribution in [0.3, 0.4) is 0 Å². The molecule has 0 radical (unpaired) electrons. The summed E-state index contributed by atoms with van der Waals surface area (Å²) in [6.45, 7) is 7.65. The normalized spacial score (nSPS) is 25.1. The molecule has 0 aromatic rings. The summed E-state index contributed by atoms with van der Waals surface area (Å²) in [6.07, 6.45) is 8.98. The quantitative estimate of drug-likeness (QED) is 0.660. The fraction of sp³-hybridized carbons (Fsp3) is 0.938. The molecule has 0 N–H and O–H groups in total. The number of nitrogens with zero attached hydrogens (tertiary/aromatic N) is 2. The molecular formula is C16H30N2. The van der Waals surface area contributed by atoms with Crippen molar-refractivity contribution in [1.29, 1.82) is 5.26 Å². The first-order chi connectivity index (χ1) is 8.44. The van der Waals surface area contributed by atoms with Crippen LogP contribution in [0.4, 0.5) is 0 Å². The summed E-state index contributed by atoms with van der Waals surface area (Å²) >= 11 is 0. The highest BCUT2D eigenvalue weighted by molar-refractivity contribution is 4.91. The number of hydrogen-bond donors (Lipinski definition) is 0. The first-order valence-electron chi connectivity index (χ1n) is 7.56. The lowest BCUT2D eigenvalue weighted by molar-refractivity contribution is 0.166. The Morgan fingerprint density at radius 3 is 2.33 bits per heavy atom. The standard InChI is InChI=1S/C16H30N2/c1-14-7-9-15(10-8-14)18(4)12-6-5-11-16(2,3)13-17/h14-15H,5-12H2,1-4H3. The Balaban J connectivity index is 2.14. The maximum absolute atomic E-state index is 8.97. The van der Waals surface area contributed by atoms with Crippen LogP contribution in [0.5, 0.6) is 0 Å². The Morgan fingerprint density at radius 1 is 1.17 bits per heavy atom.